The molecule has 1 fully saturated rings. The molecule has 1 saturated heterocycles. The van der Waals surface area contributed by atoms with Crippen molar-refractivity contribution in [1.29, 1.82) is 0 Å². The molecule has 5 rings (SSSR count). The van der Waals surface area contributed by atoms with Crippen LogP contribution in [0.3, 0.4) is 0 Å². The molecule has 37 heavy (non-hydrogen) atoms. The molecule has 2 N–H and O–H groups in total. The van der Waals surface area contributed by atoms with E-state index < -0.39 is 0 Å². The molecule has 1 aliphatic rings. The van der Waals surface area contributed by atoms with Crippen molar-refractivity contribution in [3.63, 3.8) is 0 Å². The van der Waals surface area contributed by atoms with Crippen LogP contribution in [0.4, 0.5) is 11.4 Å². The summed E-state index contributed by atoms with van der Waals surface area (Å²) in [5, 5.41) is 3.18. The van der Waals surface area contributed by atoms with Crippen molar-refractivity contribution in [2.75, 3.05) is 37.5 Å². The number of H-pyrrole nitrogens is 1. The molecule has 0 radical (unpaired) electrons. The molecule has 0 bridgehead atoms. The van der Waals surface area contributed by atoms with E-state index in [2.05, 4.69) is 68.5 Å². The van der Waals surface area contributed by atoms with Crippen LogP contribution in [0.25, 0.3) is 40.0 Å². The van der Waals surface area contributed by atoms with Crippen LogP contribution in [0.2, 0.25) is 0 Å². The quantitative estimate of drug-likeness (QED) is 0.224. The van der Waals surface area contributed by atoms with Crippen LogP contribution in [0, 0.1) is 0 Å². The number of nitrogens with one attached hydrogen (secondary N) is 2. The number of nitrogens with zero attached hydrogens (tertiary/aromatic N) is 2. The summed E-state index contributed by atoms with van der Waals surface area (Å²) in [6, 6.07) is 25.1. The van der Waals surface area contributed by atoms with Crippen LogP contribution < -0.4 is 10.2 Å². The van der Waals surface area contributed by atoms with Gasteiger partial charge in [0.15, 0.2) is 0 Å². The molecule has 0 aliphatic carbocycles. The molecule has 0 amide bonds. The highest BCUT2D eigenvalue weighted by Crippen LogP contribution is 2.35. The van der Waals surface area contributed by atoms with Gasteiger partial charge in [-0.25, -0.2) is 9.78 Å². The lowest BCUT2D eigenvalue weighted by Gasteiger charge is -2.28. The molecule has 0 atom stereocenters. The molecule has 1 aliphatic heterocycles. The number of ether oxygens (including phenoxy) is 1. The predicted molar refractivity (Wildman–Crippen MR) is 152 cm³/mol. The van der Waals surface area contributed by atoms with E-state index in [0.717, 1.165) is 58.2 Å². The van der Waals surface area contributed by atoms with Crippen molar-refractivity contribution in [2.45, 2.75) is 19.3 Å². The molecule has 0 spiro atoms. The van der Waals surface area contributed by atoms with E-state index in [1.54, 1.807) is 6.08 Å². The molecule has 6 nitrogen and oxygen atoms in total. The Morgan fingerprint density at radius 1 is 0.892 bits per heavy atom. The highest BCUT2D eigenvalue weighted by molar-refractivity contribution is 5.87. The molecule has 3 aromatic carbocycles. The summed E-state index contributed by atoms with van der Waals surface area (Å²) >= 11 is 0. The second kappa shape index (κ2) is 11.2. The Labute approximate surface area is 218 Å². The van der Waals surface area contributed by atoms with Crippen molar-refractivity contribution in [2.24, 2.45) is 0 Å². The van der Waals surface area contributed by atoms with E-state index in [4.69, 9.17) is 4.98 Å². The fraction of sp³-hybridized carbons (Fsp3) is 0.226. The lowest BCUT2D eigenvalue weighted by molar-refractivity contribution is -0.134. The third-order valence-electron chi connectivity index (χ3n) is 6.83. The molecule has 2 heterocycles. The van der Waals surface area contributed by atoms with Crippen molar-refractivity contribution in [3.05, 3.63) is 84.4 Å². The minimum absolute atomic E-state index is 0.375. The maximum absolute atomic E-state index is 11.4. The minimum atomic E-state index is -0.375. The summed E-state index contributed by atoms with van der Waals surface area (Å²) in [5.74, 6) is 0.422. The second-order valence-electron chi connectivity index (χ2n) is 9.21. The van der Waals surface area contributed by atoms with Crippen LogP contribution in [0.1, 0.15) is 24.8 Å². The highest BCUT2D eigenvalue weighted by atomic mass is 16.5. The number of carbonyl (C=O) groups is 1. The predicted octanol–water partition coefficient (Wildman–Crippen LogP) is 6.63. The van der Waals surface area contributed by atoms with Gasteiger partial charge in [-0.1, -0.05) is 48.5 Å². The van der Waals surface area contributed by atoms with E-state index in [0.29, 0.717) is 0 Å². The summed E-state index contributed by atoms with van der Waals surface area (Å²) in [6.07, 6.45) is 6.99. The molecule has 6 heteroatoms. The monoisotopic (exact) mass is 492 g/mol. The Balaban J connectivity index is 1.49. The number of aromatic amines is 1. The first kappa shape index (κ1) is 24.4. The molecule has 188 valence electrons. The third kappa shape index (κ3) is 5.59. The normalized spacial score (nSPS) is 13.6. The fourth-order valence-corrected chi connectivity index (χ4v) is 4.70. The average molecular weight is 493 g/mol. The number of imidazole rings is 1. The van der Waals surface area contributed by atoms with Crippen LogP contribution in [-0.2, 0) is 9.53 Å². The number of methoxy groups -OCH3 is 1. The summed E-state index contributed by atoms with van der Waals surface area (Å²) in [4.78, 5) is 22.5. The maximum Gasteiger partial charge on any atom is 0.330 e. The Bertz CT molecular complexity index is 1360. The maximum atomic E-state index is 11.4. The van der Waals surface area contributed by atoms with Gasteiger partial charge in [-0.15, -0.1) is 0 Å². The smallest absolute Gasteiger partial charge is 0.330 e. The van der Waals surface area contributed by atoms with E-state index in [1.807, 2.05) is 31.3 Å². The Morgan fingerprint density at radius 3 is 2.19 bits per heavy atom. The van der Waals surface area contributed by atoms with Crippen LogP contribution in [0.15, 0.2) is 78.9 Å². The Kier molecular flexibility index (Phi) is 7.36. The molecule has 0 saturated carbocycles. The van der Waals surface area contributed by atoms with Crippen LogP contribution >= 0.6 is 0 Å². The molecular formula is C31H32N4O2. The fourth-order valence-electron chi connectivity index (χ4n) is 4.70. The van der Waals surface area contributed by atoms with E-state index in [1.165, 1.54) is 38.1 Å². The number of anilines is 2. The molecular weight excluding hydrogens is 460 g/mol. The van der Waals surface area contributed by atoms with Crippen molar-refractivity contribution in [1.82, 2.24) is 9.97 Å². The minimum Gasteiger partial charge on any atom is -0.466 e. The second-order valence-corrected chi connectivity index (χ2v) is 9.21. The van der Waals surface area contributed by atoms with Crippen LogP contribution in [-0.4, -0.2) is 43.2 Å². The van der Waals surface area contributed by atoms with Gasteiger partial charge in [0.05, 0.1) is 18.5 Å². The van der Waals surface area contributed by atoms with Crippen LogP contribution in [0.5, 0.6) is 0 Å². The number of benzene rings is 3. The Morgan fingerprint density at radius 2 is 1.54 bits per heavy atom. The van der Waals surface area contributed by atoms with Gasteiger partial charge in [0.25, 0.3) is 0 Å². The summed E-state index contributed by atoms with van der Waals surface area (Å²) in [6.45, 7) is 2.25. The van der Waals surface area contributed by atoms with Crippen molar-refractivity contribution < 1.29 is 9.53 Å². The highest BCUT2D eigenvalue weighted by Gasteiger charge is 2.17. The largest absolute Gasteiger partial charge is 0.466 e. The van der Waals surface area contributed by atoms with Gasteiger partial charge in [-0.05, 0) is 55.2 Å². The zero-order valence-corrected chi connectivity index (χ0v) is 21.3. The van der Waals surface area contributed by atoms with Gasteiger partial charge >= 0.3 is 5.97 Å². The third-order valence-corrected chi connectivity index (χ3v) is 6.83. The molecule has 4 aromatic rings. The number of esters is 1. The number of aromatic nitrogens is 2. The molecule has 1 aromatic heterocycles. The lowest BCUT2D eigenvalue weighted by Crippen LogP contribution is -2.29. The Hall–Kier alpha value is -4.32. The molecule has 0 unspecified atom stereocenters. The first-order valence-electron chi connectivity index (χ1n) is 12.7. The van der Waals surface area contributed by atoms with Crippen molar-refractivity contribution >= 4 is 23.4 Å². The number of piperidine rings is 1. The number of carbonyl (C=O) groups excluding carboxylic acids is 1. The SMILES string of the molecule is CNc1ccc(-c2[nH]c(-c3ccc(C=CC(=O)OC)cc3)nc2-c2ccc(N3CCCCC3)cc2)cc1. The van der Waals surface area contributed by atoms with E-state index in [-0.39, 0.29) is 5.97 Å². The topological polar surface area (TPSA) is 70.2 Å². The summed E-state index contributed by atoms with van der Waals surface area (Å²) in [5.41, 5.74) is 8.28. The van der Waals surface area contributed by atoms with E-state index in [9.17, 15) is 4.79 Å². The zero-order valence-electron chi connectivity index (χ0n) is 21.3. The lowest BCUT2D eigenvalue weighted by atomic mass is 10.0. The number of hydrogen-bond donors (Lipinski definition) is 2. The zero-order chi connectivity index (χ0) is 25.6. The first-order valence-corrected chi connectivity index (χ1v) is 12.7. The first-order chi connectivity index (χ1) is 18.1. The number of rotatable bonds is 7. The standard InChI is InChI=1S/C31H32N4O2/c1-32-26-15-11-23(12-16-26)29-30(24-13-17-27(18-14-24)35-20-4-3-5-21-35)34-31(33-29)25-9-6-22(7-10-25)8-19-28(36)37-2/h6-19,32H,3-5,20-21H2,1-2H3,(H,33,34). The van der Waals surface area contributed by atoms with Gasteiger partial charge in [0.2, 0.25) is 0 Å². The van der Waals surface area contributed by atoms with Crippen molar-refractivity contribution in [3.8, 4) is 33.9 Å². The number of hydrogen-bond acceptors (Lipinski definition) is 5. The van der Waals surface area contributed by atoms with Gasteiger partial charge in [0.1, 0.15) is 5.82 Å². The van der Waals surface area contributed by atoms with Gasteiger partial charge in [-0.2, -0.15) is 0 Å². The van der Waals surface area contributed by atoms with Gasteiger partial charge in [-0.3, -0.25) is 0 Å². The average Bonchev–Trinajstić information content (AvgIpc) is 3.42. The summed E-state index contributed by atoms with van der Waals surface area (Å²) < 4.78 is 4.67. The van der Waals surface area contributed by atoms with E-state index >= 15 is 0 Å². The van der Waals surface area contributed by atoms with Gasteiger partial charge < -0.3 is 19.9 Å². The van der Waals surface area contributed by atoms with Gasteiger partial charge in [0, 0.05) is 54.3 Å². The summed E-state index contributed by atoms with van der Waals surface area (Å²) in [7, 11) is 3.29.